The molecule has 0 saturated carbocycles. The number of methoxy groups -OCH3 is 1. The fourth-order valence-electron chi connectivity index (χ4n) is 1.52. The van der Waals surface area contributed by atoms with E-state index in [0.29, 0.717) is 23.7 Å². The van der Waals surface area contributed by atoms with Crippen LogP contribution in [0.25, 0.3) is 11.2 Å². The molecular formula is C11H15N3O2. The molecule has 0 bridgehead atoms. The third-order valence-electron chi connectivity index (χ3n) is 2.36. The quantitative estimate of drug-likeness (QED) is 0.777. The molecule has 2 N–H and O–H groups in total. The highest BCUT2D eigenvalue weighted by atomic mass is 16.5. The molecule has 0 aliphatic heterocycles. The van der Waals surface area contributed by atoms with Gasteiger partial charge in [0.1, 0.15) is 0 Å². The SMILES string of the molecule is COCCCC(N)c1nc2ncccc2o1. The molecule has 0 radical (unpaired) electrons. The normalized spacial score (nSPS) is 13.1. The number of hydrogen-bond acceptors (Lipinski definition) is 5. The Kier molecular flexibility index (Phi) is 3.48. The Balaban J connectivity index is 2.07. The van der Waals surface area contributed by atoms with Gasteiger partial charge in [0.15, 0.2) is 11.2 Å². The first kappa shape index (κ1) is 11.0. The van der Waals surface area contributed by atoms with E-state index in [1.807, 2.05) is 12.1 Å². The van der Waals surface area contributed by atoms with Gasteiger partial charge in [0, 0.05) is 19.9 Å². The van der Waals surface area contributed by atoms with Crippen molar-refractivity contribution in [1.29, 1.82) is 0 Å². The monoisotopic (exact) mass is 221 g/mol. The molecule has 2 rings (SSSR count). The third kappa shape index (κ3) is 2.37. The lowest BCUT2D eigenvalue weighted by molar-refractivity contribution is 0.189. The van der Waals surface area contributed by atoms with Crippen LogP contribution in [0, 0.1) is 0 Å². The Morgan fingerprint density at radius 1 is 1.56 bits per heavy atom. The molecule has 0 aliphatic rings. The number of ether oxygens (including phenoxy) is 1. The van der Waals surface area contributed by atoms with Crippen LogP contribution >= 0.6 is 0 Å². The Hall–Kier alpha value is -1.46. The first-order chi connectivity index (χ1) is 7.81. The van der Waals surface area contributed by atoms with Gasteiger partial charge in [-0.1, -0.05) is 0 Å². The molecule has 86 valence electrons. The lowest BCUT2D eigenvalue weighted by Crippen LogP contribution is -2.11. The van der Waals surface area contributed by atoms with E-state index in [2.05, 4.69) is 9.97 Å². The predicted molar refractivity (Wildman–Crippen MR) is 59.8 cm³/mol. The molecule has 16 heavy (non-hydrogen) atoms. The van der Waals surface area contributed by atoms with Gasteiger partial charge in [-0.25, -0.2) is 4.98 Å². The Morgan fingerprint density at radius 2 is 2.44 bits per heavy atom. The molecule has 0 saturated heterocycles. The van der Waals surface area contributed by atoms with E-state index in [9.17, 15) is 0 Å². The van der Waals surface area contributed by atoms with Crippen molar-refractivity contribution in [3.8, 4) is 0 Å². The topological polar surface area (TPSA) is 74.2 Å². The first-order valence-corrected chi connectivity index (χ1v) is 5.27. The van der Waals surface area contributed by atoms with Crippen LogP contribution in [0.3, 0.4) is 0 Å². The number of hydrogen-bond donors (Lipinski definition) is 1. The summed E-state index contributed by atoms with van der Waals surface area (Å²) in [5, 5.41) is 0. The molecule has 2 aromatic heterocycles. The molecule has 0 spiro atoms. The van der Waals surface area contributed by atoms with Crippen molar-refractivity contribution in [1.82, 2.24) is 9.97 Å². The molecule has 1 atom stereocenters. The third-order valence-corrected chi connectivity index (χ3v) is 2.36. The number of aromatic nitrogens is 2. The Labute approximate surface area is 93.6 Å². The lowest BCUT2D eigenvalue weighted by Gasteiger charge is -2.05. The molecule has 0 aliphatic carbocycles. The predicted octanol–water partition coefficient (Wildman–Crippen LogP) is 1.65. The van der Waals surface area contributed by atoms with Crippen molar-refractivity contribution in [2.75, 3.05) is 13.7 Å². The van der Waals surface area contributed by atoms with Gasteiger partial charge < -0.3 is 14.9 Å². The fourth-order valence-corrected chi connectivity index (χ4v) is 1.52. The molecule has 5 nitrogen and oxygen atoms in total. The van der Waals surface area contributed by atoms with Crippen LogP contribution in [-0.4, -0.2) is 23.7 Å². The van der Waals surface area contributed by atoms with Crippen LogP contribution in [0.2, 0.25) is 0 Å². The smallest absolute Gasteiger partial charge is 0.213 e. The zero-order chi connectivity index (χ0) is 11.4. The summed E-state index contributed by atoms with van der Waals surface area (Å²) in [6.45, 7) is 0.701. The number of nitrogens with zero attached hydrogens (tertiary/aromatic N) is 2. The highest BCUT2D eigenvalue weighted by molar-refractivity contribution is 5.66. The Morgan fingerprint density at radius 3 is 3.19 bits per heavy atom. The molecule has 0 aromatic carbocycles. The van der Waals surface area contributed by atoms with Crippen LogP contribution in [0.15, 0.2) is 22.7 Å². The van der Waals surface area contributed by atoms with E-state index in [0.717, 1.165) is 12.8 Å². The van der Waals surface area contributed by atoms with Crippen LogP contribution in [0.5, 0.6) is 0 Å². The van der Waals surface area contributed by atoms with Crippen LogP contribution < -0.4 is 5.73 Å². The van der Waals surface area contributed by atoms with E-state index in [-0.39, 0.29) is 6.04 Å². The van der Waals surface area contributed by atoms with Crippen molar-refractivity contribution >= 4 is 11.2 Å². The maximum atomic E-state index is 5.96. The van der Waals surface area contributed by atoms with Gasteiger partial charge in [-0.3, -0.25) is 0 Å². The second kappa shape index (κ2) is 5.05. The average Bonchev–Trinajstić information content (AvgIpc) is 2.73. The van der Waals surface area contributed by atoms with Crippen LogP contribution in [0.4, 0.5) is 0 Å². The van der Waals surface area contributed by atoms with Gasteiger partial charge in [0.05, 0.1) is 6.04 Å². The summed E-state index contributed by atoms with van der Waals surface area (Å²) in [6.07, 6.45) is 3.37. The molecule has 0 fully saturated rings. The minimum atomic E-state index is -0.190. The number of pyridine rings is 1. The van der Waals surface area contributed by atoms with Crippen molar-refractivity contribution < 1.29 is 9.15 Å². The van der Waals surface area contributed by atoms with E-state index < -0.39 is 0 Å². The standard InChI is InChI=1S/C11H15N3O2/c1-15-7-3-4-8(12)11-14-10-9(16-11)5-2-6-13-10/h2,5-6,8H,3-4,7,12H2,1H3. The zero-order valence-electron chi connectivity index (χ0n) is 9.22. The second-order valence-corrected chi connectivity index (χ2v) is 3.62. The summed E-state index contributed by atoms with van der Waals surface area (Å²) in [5.74, 6) is 0.546. The average molecular weight is 221 g/mol. The minimum absolute atomic E-state index is 0.190. The molecular weight excluding hydrogens is 206 g/mol. The molecule has 2 heterocycles. The van der Waals surface area contributed by atoms with Crippen LogP contribution in [-0.2, 0) is 4.74 Å². The molecule has 0 amide bonds. The van der Waals surface area contributed by atoms with E-state index in [1.165, 1.54) is 0 Å². The summed E-state index contributed by atoms with van der Waals surface area (Å²) < 4.78 is 10.5. The van der Waals surface area contributed by atoms with Gasteiger partial charge in [-0.15, -0.1) is 0 Å². The van der Waals surface area contributed by atoms with Crippen LogP contribution in [0.1, 0.15) is 24.8 Å². The summed E-state index contributed by atoms with van der Waals surface area (Å²) in [5.41, 5.74) is 7.25. The van der Waals surface area contributed by atoms with Crippen molar-refractivity contribution in [2.24, 2.45) is 5.73 Å². The number of nitrogens with two attached hydrogens (primary N) is 1. The summed E-state index contributed by atoms with van der Waals surface area (Å²) >= 11 is 0. The summed E-state index contributed by atoms with van der Waals surface area (Å²) in [6, 6.07) is 3.46. The van der Waals surface area contributed by atoms with Gasteiger partial charge in [0.25, 0.3) is 0 Å². The highest BCUT2D eigenvalue weighted by Crippen LogP contribution is 2.19. The summed E-state index contributed by atoms with van der Waals surface area (Å²) in [4.78, 5) is 8.34. The Bertz CT molecular complexity index is 422. The summed E-state index contributed by atoms with van der Waals surface area (Å²) in [7, 11) is 1.68. The van der Waals surface area contributed by atoms with Crippen molar-refractivity contribution in [2.45, 2.75) is 18.9 Å². The lowest BCUT2D eigenvalue weighted by atomic mass is 10.2. The van der Waals surface area contributed by atoms with Crippen molar-refractivity contribution in [3.63, 3.8) is 0 Å². The first-order valence-electron chi connectivity index (χ1n) is 5.27. The van der Waals surface area contributed by atoms with E-state index in [4.69, 9.17) is 14.9 Å². The van der Waals surface area contributed by atoms with Gasteiger partial charge in [-0.05, 0) is 25.0 Å². The van der Waals surface area contributed by atoms with Crippen molar-refractivity contribution in [3.05, 3.63) is 24.2 Å². The highest BCUT2D eigenvalue weighted by Gasteiger charge is 2.13. The van der Waals surface area contributed by atoms with Gasteiger partial charge >= 0.3 is 0 Å². The van der Waals surface area contributed by atoms with Gasteiger partial charge in [0.2, 0.25) is 5.89 Å². The largest absolute Gasteiger partial charge is 0.437 e. The molecule has 1 unspecified atom stereocenters. The maximum absolute atomic E-state index is 5.96. The fraction of sp³-hybridized carbons (Fsp3) is 0.455. The van der Waals surface area contributed by atoms with E-state index in [1.54, 1.807) is 13.3 Å². The minimum Gasteiger partial charge on any atom is -0.437 e. The number of oxazole rings is 1. The molecule has 2 aromatic rings. The number of fused-ring (bicyclic) bond motifs is 1. The molecule has 5 heteroatoms. The van der Waals surface area contributed by atoms with E-state index >= 15 is 0 Å². The maximum Gasteiger partial charge on any atom is 0.213 e. The zero-order valence-corrected chi connectivity index (χ0v) is 9.22. The van der Waals surface area contributed by atoms with Gasteiger partial charge in [-0.2, -0.15) is 4.98 Å². The number of rotatable bonds is 5. The second-order valence-electron chi connectivity index (χ2n) is 3.62.